The van der Waals surface area contributed by atoms with Crippen molar-refractivity contribution in [3.8, 4) is 0 Å². The Hall–Kier alpha value is -2.41. The first-order chi connectivity index (χ1) is 15.3. The highest BCUT2D eigenvalue weighted by Crippen LogP contribution is 2.24. The summed E-state index contributed by atoms with van der Waals surface area (Å²) in [6.07, 6.45) is 1.94. The van der Waals surface area contributed by atoms with Crippen molar-refractivity contribution in [3.63, 3.8) is 0 Å². The second kappa shape index (κ2) is 13.3. The van der Waals surface area contributed by atoms with E-state index in [1.807, 2.05) is 13.1 Å². The maximum Gasteiger partial charge on any atom is 0.0372 e. The summed E-state index contributed by atoms with van der Waals surface area (Å²) in [7, 11) is 0. The summed E-state index contributed by atoms with van der Waals surface area (Å²) in [5, 5.41) is 0. The van der Waals surface area contributed by atoms with Gasteiger partial charge in [0.2, 0.25) is 0 Å². The zero-order chi connectivity index (χ0) is 25.3. The fraction of sp³-hybridized carbons (Fsp3) is 0.469. The molecule has 1 heteroatoms. The normalized spacial score (nSPS) is 10.6. The molecule has 33 heavy (non-hydrogen) atoms. The van der Waals surface area contributed by atoms with Gasteiger partial charge in [0, 0.05) is 11.9 Å². The minimum atomic E-state index is 0.591. The van der Waals surface area contributed by atoms with E-state index in [9.17, 15) is 0 Å². The standard InChI is InChI=1S/C12H18.C11H16.C9H13N/c1-8(2)12-10(4)6-9(3)7-11(12)5;1-8(2)11-6-5-9(3)7-10(11)4;1-7(2)9-5-4-8(3)10-6-9/h6-8H,1-5H3;5-8H,1-4H3;4-7H,1-3H3. The zero-order valence-electron chi connectivity index (χ0n) is 23.3. The number of aryl methyl sites for hydroxylation is 6. The number of benzene rings is 2. The molecule has 0 unspecified atom stereocenters. The molecule has 180 valence electrons. The number of nitrogens with zero attached hydrogens (tertiary/aromatic N) is 1. The molecule has 2 aromatic carbocycles. The van der Waals surface area contributed by atoms with Crippen LogP contribution in [-0.2, 0) is 0 Å². The van der Waals surface area contributed by atoms with Crippen LogP contribution in [0.5, 0.6) is 0 Å². The Bertz CT molecular complexity index is 969. The number of aromatic nitrogens is 1. The Morgan fingerprint density at radius 1 is 0.545 bits per heavy atom. The van der Waals surface area contributed by atoms with Gasteiger partial charge in [0.05, 0.1) is 0 Å². The molecule has 0 atom stereocenters. The molecular formula is C32H47N. The van der Waals surface area contributed by atoms with Crippen LogP contribution in [-0.4, -0.2) is 4.98 Å². The van der Waals surface area contributed by atoms with Gasteiger partial charge in [0.15, 0.2) is 0 Å². The smallest absolute Gasteiger partial charge is 0.0372 e. The summed E-state index contributed by atoms with van der Waals surface area (Å²) in [6.45, 7) is 26.2. The van der Waals surface area contributed by atoms with Crippen LogP contribution >= 0.6 is 0 Å². The van der Waals surface area contributed by atoms with Crippen LogP contribution in [0.2, 0.25) is 0 Å². The van der Waals surface area contributed by atoms with Crippen LogP contribution in [0, 0.1) is 41.5 Å². The molecule has 0 amide bonds. The lowest BCUT2D eigenvalue weighted by Gasteiger charge is -2.14. The Morgan fingerprint density at radius 3 is 1.48 bits per heavy atom. The van der Waals surface area contributed by atoms with E-state index in [4.69, 9.17) is 0 Å². The number of hydrogen-bond acceptors (Lipinski definition) is 1. The number of hydrogen-bond donors (Lipinski definition) is 0. The molecule has 3 aromatic rings. The number of pyridine rings is 1. The van der Waals surface area contributed by atoms with E-state index in [1.54, 1.807) is 0 Å². The molecule has 0 fully saturated rings. The van der Waals surface area contributed by atoms with Crippen molar-refractivity contribution in [3.05, 3.63) is 98.9 Å². The molecular weight excluding hydrogens is 398 g/mol. The van der Waals surface area contributed by atoms with Gasteiger partial charge >= 0.3 is 0 Å². The second-order valence-electron chi connectivity index (χ2n) is 10.4. The van der Waals surface area contributed by atoms with Crippen LogP contribution in [0.4, 0.5) is 0 Å². The Morgan fingerprint density at radius 2 is 1.09 bits per heavy atom. The number of rotatable bonds is 3. The highest BCUT2D eigenvalue weighted by Gasteiger charge is 2.06. The van der Waals surface area contributed by atoms with E-state index in [1.165, 1.54) is 44.5 Å². The summed E-state index contributed by atoms with van der Waals surface area (Å²) < 4.78 is 0. The fourth-order valence-electron chi connectivity index (χ4n) is 4.40. The topological polar surface area (TPSA) is 12.9 Å². The van der Waals surface area contributed by atoms with Crippen molar-refractivity contribution in [2.24, 2.45) is 0 Å². The van der Waals surface area contributed by atoms with Gasteiger partial charge in [-0.05, 0) is 98.7 Å². The Balaban J connectivity index is 0.000000249. The van der Waals surface area contributed by atoms with E-state index in [2.05, 4.69) is 124 Å². The lowest BCUT2D eigenvalue weighted by atomic mass is 9.92. The minimum absolute atomic E-state index is 0.591. The molecule has 0 saturated carbocycles. The van der Waals surface area contributed by atoms with Gasteiger partial charge in [0.1, 0.15) is 0 Å². The van der Waals surface area contributed by atoms with Crippen LogP contribution in [0.15, 0.2) is 48.7 Å². The average molecular weight is 446 g/mol. The molecule has 1 nitrogen and oxygen atoms in total. The molecule has 0 aliphatic heterocycles. The lowest BCUT2D eigenvalue weighted by Crippen LogP contribution is -1.96. The van der Waals surface area contributed by atoms with Gasteiger partial charge in [-0.1, -0.05) is 89.1 Å². The predicted octanol–water partition coefficient (Wildman–Crippen LogP) is 9.68. The molecule has 1 aromatic heterocycles. The van der Waals surface area contributed by atoms with Crippen molar-refractivity contribution < 1.29 is 0 Å². The highest BCUT2D eigenvalue weighted by atomic mass is 14.7. The predicted molar refractivity (Wildman–Crippen MR) is 148 cm³/mol. The van der Waals surface area contributed by atoms with Crippen molar-refractivity contribution >= 4 is 0 Å². The maximum atomic E-state index is 4.20. The molecule has 0 N–H and O–H groups in total. The molecule has 0 bridgehead atoms. The van der Waals surface area contributed by atoms with Gasteiger partial charge in [-0.3, -0.25) is 4.98 Å². The third kappa shape index (κ3) is 9.54. The SMILES string of the molecule is Cc1cc(C)c(C(C)C)c(C)c1.Cc1ccc(C(C)C)c(C)c1.Cc1ccc(C(C)C)cn1. The molecule has 1 heterocycles. The van der Waals surface area contributed by atoms with Crippen molar-refractivity contribution in [2.45, 2.75) is 101 Å². The highest BCUT2D eigenvalue weighted by molar-refractivity contribution is 5.39. The van der Waals surface area contributed by atoms with Crippen LogP contribution in [0.1, 0.15) is 109 Å². The average Bonchev–Trinajstić information content (AvgIpc) is 2.68. The monoisotopic (exact) mass is 445 g/mol. The molecule has 3 rings (SSSR count). The third-order valence-electron chi connectivity index (χ3n) is 5.96. The minimum Gasteiger partial charge on any atom is -0.261 e. The largest absolute Gasteiger partial charge is 0.261 e. The third-order valence-corrected chi connectivity index (χ3v) is 5.96. The van der Waals surface area contributed by atoms with Crippen molar-refractivity contribution in [2.75, 3.05) is 0 Å². The first-order valence-corrected chi connectivity index (χ1v) is 12.4. The first-order valence-electron chi connectivity index (χ1n) is 12.4. The van der Waals surface area contributed by atoms with Gasteiger partial charge in [-0.15, -0.1) is 0 Å². The van der Waals surface area contributed by atoms with Gasteiger partial charge in [0.25, 0.3) is 0 Å². The fourth-order valence-corrected chi connectivity index (χ4v) is 4.40. The van der Waals surface area contributed by atoms with Crippen LogP contribution in [0.3, 0.4) is 0 Å². The maximum absolute atomic E-state index is 4.20. The Kier molecular flexibility index (Phi) is 11.6. The van der Waals surface area contributed by atoms with E-state index in [-0.39, 0.29) is 0 Å². The molecule has 0 aliphatic rings. The lowest BCUT2D eigenvalue weighted by molar-refractivity contribution is 0.845. The van der Waals surface area contributed by atoms with Gasteiger partial charge < -0.3 is 0 Å². The Labute approximate surface area is 204 Å². The van der Waals surface area contributed by atoms with Crippen LogP contribution < -0.4 is 0 Å². The summed E-state index contributed by atoms with van der Waals surface area (Å²) in [5.74, 6) is 1.88. The van der Waals surface area contributed by atoms with E-state index < -0.39 is 0 Å². The van der Waals surface area contributed by atoms with Crippen molar-refractivity contribution in [1.82, 2.24) is 4.98 Å². The van der Waals surface area contributed by atoms with Crippen molar-refractivity contribution in [1.29, 1.82) is 0 Å². The van der Waals surface area contributed by atoms with E-state index in [0.29, 0.717) is 17.8 Å². The van der Waals surface area contributed by atoms with Gasteiger partial charge in [-0.25, -0.2) is 0 Å². The molecule has 0 aliphatic carbocycles. The van der Waals surface area contributed by atoms with E-state index in [0.717, 1.165) is 5.69 Å². The van der Waals surface area contributed by atoms with Crippen LogP contribution in [0.25, 0.3) is 0 Å². The molecule has 0 saturated heterocycles. The first kappa shape index (κ1) is 28.6. The quantitative estimate of drug-likeness (QED) is 0.391. The summed E-state index contributed by atoms with van der Waals surface area (Å²) in [6, 6.07) is 15.4. The second-order valence-corrected chi connectivity index (χ2v) is 10.4. The van der Waals surface area contributed by atoms with E-state index >= 15 is 0 Å². The molecule has 0 radical (unpaired) electrons. The summed E-state index contributed by atoms with van der Waals surface area (Å²) in [5.41, 5.74) is 12.4. The zero-order valence-corrected chi connectivity index (χ0v) is 23.3. The van der Waals surface area contributed by atoms with Gasteiger partial charge in [-0.2, -0.15) is 0 Å². The summed E-state index contributed by atoms with van der Waals surface area (Å²) in [4.78, 5) is 4.20. The summed E-state index contributed by atoms with van der Waals surface area (Å²) >= 11 is 0. The molecule has 0 spiro atoms.